The van der Waals surface area contributed by atoms with E-state index >= 15 is 0 Å². The molecule has 18 heavy (non-hydrogen) atoms. The monoisotopic (exact) mass is 310 g/mol. The summed E-state index contributed by atoms with van der Waals surface area (Å²) in [5, 5.41) is 0. The van der Waals surface area contributed by atoms with Crippen LogP contribution in [0.15, 0.2) is 28.7 Å². The van der Waals surface area contributed by atoms with Crippen molar-refractivity contribution >= 4 is 15.9 Å². The summed E-state index contributed by atoms with van der Waals surface area (Å²) in [6, 6.07) is 8.73. The molecular weight excluding hydrogens is 288 g/mol. The van der Waals surface area contributed by atoms with Gasteiger partial charge in [0, 0.05) is 4.47 Å². The van der Waals surface area contributed by atoms with Crippen LogP contribution in [0.25, 0.3) is 0 Å². The first-order valence-corrected chi connectivity index (χ1v) is 7.84. The molecular formula is C16H23BrO. The Morgan fingerprint density at radius 1 is 1.22 bits per heavy atom. The molecule has 0 bridgehead atoms. The number of hydrogen-bond donors (Lipinski definition) is 0. The van der Waals surface area contributed by atoms with E-state index in [0.29, 0.717) is 12.0 Å². The average Bonchev–Trinajstić information content (AvgIpc) is 2.36. The van der Waals surface area contributed by atoms with Gasteiger partial charge in [-0.2, -0.15) is 0 Å². The second kappa shape index (κ2) is 6.72. The molecule has 2 heteroatoms. The van der Waals surface area contributed by atoms with Gasteiger partial charge in [0.05, 0.1) is 12.7 Å². The highest BCUT2D eigenvalue weighted by Gasteiger charge is 2.28. The van der Waals surface area contributed by atoms with E-state index < -0.39 is 0 Å². The fourth-order valence-electron chi connectivity index (χ4n) is 2.98. The molecule has 1 aromatic carbocycles. The van der Waals surface area contributed by atoms with Gasteiger partial charge >= 0.3 is 0 Å². The molecule has 1 saturated heterocycles. The lowest BCUT2D eigenvalue weighted by Gasteiger charge is -2.35. The number of benzene rings is 1. The van der Waals surface area contributed by atoms with Crippen LogP contribution in [0.4, 0.5) is 0 Å². The van der Waals surface area contributed by atoms with Crippen LogP contribution < -0.4 is 0 Å². The molecule has 1 aliphatic heterocycles. The van der Waals surface area contributed by atoms with Crippen molar-refractivity contribution in [1.29, 1.82) is 0 Å². The summed E-state index contributed by atoms with van der Waals surface area (Å²) in [7, 11) is 0. The maximum atomic E-state index is 5.85. The van der Waals surface area contributed by atoms with Gasteiger partial charge in [0.15, 0.2) is 0 Å². The molecule has 2 rings (SSSR count). The lowest BCUT2D eigenvalue weighted by Crippen LogP contribution is -2.33. The van der Waals surface area contributed by atoms with Gasteiger partial charge in [-0.25, -0.2) is 0 Å². The Morgan fingerprint density at radius 3 is 2.61 bits per heavy atom. The zero-order valence-electron chi connectivity index (χ0n) is 11.4. The smallest absolute Gasteiger partial charge is 0.0549 e. The minimum absolute atomic E-state index is 0.447. The Bertz CT molecular complexity index is 360. The Morgan fingerprint density at radius 2 is 1.94 bits per heavy atom. The van der Waals surface area contributed by atoms with Crippen molar-refractivity contribution in [2.75, 3.05) is 6.61 Å². The highest BCUT2D eigenvalue weighted by Crippen LogP contribution is 2.32. The lowest BCUT2D eigenvalue weighted by molar-refractivity contribution is -0.0390. The topological polar surface area (TPSA) is 9.23 Å². The standard InChI is InChI=1S/C16H23BrO/c1-3-4-14-9-12(2)18-11-15(14)10-13-5-7-16(17)8-6-13/h5-8,12,14-15H,3-4,9-11H2,1-2H3. The number of halogens is 1. The molecule has 0 amide bonds. The van der Waals surface area contributed by atoms with Gasteiger partial charge in [-0.05, 0) is 49.3 Å². The van der Waals surface area contributed by atoms with Crippen molar-refractivity contribution in [3.63, 3.8) is 0 Å². The highest BCUT2D eigenvalue weighted by atomic mass is 79.9. The predicted octanol–water partition coefficient (Wildman–Crippen LogP) is 4.83. The second-order valence-corrected chi connectivity index (χ2v) is 6.43. The van der Waals surface area contributed by atoms with Gasteiger partial charge in [0.25, 0.3) is 0 Å². The van der Waals surface area contributed by atoms with Crippen molar-refractivity contribution in [3.8, 4) is 0 Å². The maximum absolute atomic E-state index is 5.85. The van der Waals surface area contributed by atoms with E-state index in [1.54, 1.807) is 0 Å². The van der Waals surface area contributed by atoms with Gasteiger partial charge in [-0.1, -0.05) is 47.8 Å². The zero-order chi connectivity index (χ0) is 13.0. The van der Waals surface area contributed by atoms with Crippen LogP contribution in [0.1, 0.15) is 38.7 Å². The molecule has 0 spiro atoms. The van der Waals surface area contributed by atoms with E-state index in [1.807, 2.05) is 0 Å². The Hall–Kier alpha value is -0.340. The van der Waals surface area contributed by atoms with E-state index in [-0.39, 0.29) is 0 Å². The van der Waals surface area contributed by atoms with E-state index in [9.17, 15) is 0 Å². The normalized spacial score (nSPS) is 28.3. The summed E-state index contributed by atoms with van der Waals surface area (Å²) in [6.07, 6.45) is 5.46. The van der Waals surface area contributed by atoms with Crippen molar-refractivity contribution in [2.24, 2.45) is 11.8 Å². The SMILES string of the molecule is CCCC1CC(C)OCC1Cc1ccc(Br)cc1. The van der Waals surface area contributed by atoms with Crippen LogP contribution in [-0.4, -0.2) is 12.7 Å². The molecule has 0 radical (unpaired) electrons. The molecule has 1 aliphatic rings. The maximum Gasteiger partial charge on any atom is 0.0549 e. The van der Waals surface area contributed by atoms with Gasteiger partial charge in [-0.15, -0.1) is 0 Å². The number of rotatable bonds is 4. The van der Waals surface area contributed by atoms with Crippen molar-refractivity contribution in [2.45, 2.75) is 45.6 Å². The van der Waals surface area contributed by atoms with Gasteiger partial charge in [-0.3, -0.25) is 0 Å². The first kappa shape index (κ1) is 14.1. The zero-order valence-corrected chi connectivity index (χ0v) is 12.9. The van der Waals surface area contributed by atoms with E-state index in [1.165, 1.54) is 24.8 Å². The summed E-state index contributed by atoms with van der Waals surface area (Å²) in [5.41, 5.74) is 1.43. The van der Waals surface area contributed by atoms with Crippen LogP contribution in [-0.2, 0) is 11.2 Å². The van der Waals surface area contributed by atoms with Crippen LogP contribution in [0.2, 0.25) is 0 Å². The van der Waals surface area contributed by atoms with E-state index in [4.69, 9.17) is 4.74 Å². The van der Waals surface area contributed by atoms with Crippen LogP contribution in [0.3, 0.4) is 0 Å². The number of ether oxygens (including phenoxy) is 1. The van der Waals surface area contributed by atoms with E-state index in [0.717, 1.165) is 23.4 Å². The minimum Gasteiger partial charge on any atom is -0.378 e. The fraction of sp³-hybridized carbons (Fsp3) is 0.625. The molecule has 0 N–H and O–H groups in total. The number of hydrogen-bond acceptors (Lipinski definition) is 1. The third kappa shape index (κ3) is 3.83. The van der Waals surface area contributed by atoms with E-state index in [2.05, 4.69) is 54.0 Å². The summed E-state index contributed by atoms with van der Waals surface area (Å²) >= 11 is 3.49. The Kier molecular flexibility index (Phi) is 5.25. The van der Waals surface area contributed by atoms with Gasteiger partial charge in [0.1, 0.15) is 0 Å². The van der Waals surface area contributed by atoms with Crippen molar-refractivity contribution < 1.29 is 4.74 Å². The van der Waals surface area contributed by atoms with Crippen LogP contribution >= 0.6 is 15.9 Å². The first-order chi connectivity index (χ1) is 8.69. The summed E-state index contributed by atoms with van der Waals surface area (Å²) in [6.45, 7) is 5.43. The predicted molar refractivity (Wildman–Crippen MR) is 79.8 cm³/mol. The highest BCUT2D eigenvalue weighted by molar-refractivity contribution is 9.10. The first-order valence-electron chi connectivity index (χ1n) is 7.05. The molecule has 3 atom stereocenters. The Balaban J connectivity index is 1.99. The summed E-state index contributed by atoms with van der Waals surface area (Å²) < 4.78 is 7.01. The molecule has 0 aliphatic carbocycles. The third-order valence-electron chi connectivity index (χ3n) is 3.97. The molecule has 1 heterocycles. The Labute approximate surface area is 119 Å². The fourth-order valence-corrected chi connectivity index (χ4v) is 3.25. The average molecular weight is 311 g/mol. The molecule has 0 saturated carbocycles. The van der Waals surface area contributed by atoms with Crippen LogP contribution in [0.5, 0.6) is 0 Å². The molecule has 1 fully saturated rings. The quantitative estimate of drug-likeness (QED) is 0.773. The molecule has 1 nitrogen and oxygen atoms in total. The third-order valence-corrected chi connectivity index (χ3v) is 4.50. The second-order valence-electron chi connectivity index (χ2n) is 5.52. The molecule has 100 valence electrons. The summed E-state index contributed by atoms with van der Waals surface area (Å²) in [4.78, 5) is 0. The summed E-state index contributed by atoms with van der Waals surface area (Å²) in [5.74, 6) is 1.53. The van der Waals surface area contributed by atoms with Crippen molar-refractivity contribution in [1.82, 2.24) is 0 Å². The minimum atomic E-state index is 0.447. The molecule has 1 aromatic rings. The van der Waals surface area contributed by atoms with Gasteiger partial charge < -0.3 is 4.74 Å². The molecule has 0 aromatic heterocycles. The van der Waals surface area contributed by atoms with Crippen molar-refractivity contribution in [3.05, 3.63) is 34.3 Å². The van der Waals surface area contributed by atoms with Gasteiger partial charge in [0.2, 0.25) is 0 Å². The van der Waals surface area contributed by atoms with Crippen LogP contribution in [0, 0.1) is 11.8 Å². The lowest BCUT2D eigenvalue weighted by atomic mass is 9.79. The molecule has 3 unspecified atom stereocenters. The largest absolute Gasteiger partial charge is 0.378 e.